The smallest absolute Gasteiger partial charge is 0.308 e. The SMILES string of the molecule is O=C(O)Cc1sc(Nc2cccc(Cl)c2)nc1-c1cccs1. The van der Waals surface area contributed by atoms with Gasteiger partial charge in [0.2, 0.25) is 0 Å². The Balaban J connectivity index is 1.94. The number of aliphatic carboxylic acids is 1. The van der Waals surface area contributed by atoms with Crippen LogP contribution in [0.2, 0.25) is 5.02 Å². The number of carbonyl (C=O) groups is 1. The minimum absolute atomic E-state index is 0.0396. The number of carboxylic acid groups (broad SMARTS) is 1. The first kappa shape index (κ1) is 15.0. The molecule has 7 heteroatoms. The fourth-order valence-electron chi connectivity index (χ4n) is 1.96. The Bertz CT molecular complexity index is 800. The summed E-state index contributed by atoms with van der Waals surface area (Å²) >= 11 is 8.85. The Morgan fingerprint density at radius 1 is 1.32 bits per heavy atom. The number of carboxylic acids is 1. The highest BCUT2D eigenvalue weighted by molar-refractivity contribution is 7.17. The Labute approximate surface area is 140 Å². The van der Waals surface area contributed by atoms with Gasteiger partial charge in [-0.15, -0.1) is 22.7 Å². The average Bonchev–Trinajstić information content (AvgIpc) is 3.07. The molecule has 3 rings (SSSR count). The predicted molar refractivity (Wildman–Crippen MR) is 91.5 cm³/mol. The molecule has 0 saturated heterocycles. The van der Waals surface area contributed by atoms with Crippen molar-refractivity contribution >= 4 is 51.1 Å². The number of thiazole rings is 1. The lowest BCUT2D eigenvalue weighted by molar-refractivity contribution is -0.136. The van der Waals surface area contributed by atoms with Gasteiger partial charge in [-0.2, -0.15) is 0 Å². The van der Waals surface area contributed by atoms with Crippen LogP contribution < -0.4 is 5.32 Å². The molecule has 2 N–H and O–H groups in total. The van der Waals surface area contributed by atoms with Gasteiger partial charge < -0.3 is 10.4 Å². The minimum Gasteiger partial charge on any atom is -0.481 e. The van der Waals surface area contributed by atoms with E-state index in [2.05, 4.69) is 10.3 Å². The summed E-state index contributed by atoms with van der Waals surface area (Å²) in [6, 6.07) is 11.2. The Morgan fingerprint density at radius 3 is 2.86 bits per heavy atom. The van der Waals surface area contributed by atoms with Crippen LogP contribution in [-0.4, -0.2) is 16.1 Å². The quantitative estimate of drug-likeness (QED) is 0.687. The minimum atomic E-state index is -0.865. The lowest BCUT2D eigenvalue weighted by Crippen LogP contribution is -1.98. The zero-order valence-electron chi connectivity index (χ0n) is 11.2. The molecule has 0 unspecified atom stereocenters. The van der Waals surface area contributed by atoms with Gasteiger partial charge in [0.1, 0.15) is 0 Å². The summed E-state index contributed by atoms with van der Waals surface area (Å²) in [6.07, 6.45) is -0.0396. The van der Waals surface area contributed by atoms with Crippen molar-refractivity contribution in [3.05, 3.63) is 51.7 Å². The molecule has 0 saturated carbocycles. The monoisotopic (exact) mass is 350 g/mol. The molecule has 0 bridgehead atoms. The second-order valence-electron chi connectivity index (χ2n) is 4.47. The van der Waals surface area contributed by atoms with Crippen molar-refractivity contribution in [1.29, 1.82) is 0 Å². The van der Waals surface area contributed by atoms with Gasteiger partial charge in [-0.1, -0.05) is 23.7 Å². The number of hydrogen-bond acceptors (Lipinski definition) is 5. The summed E-state index contributed by atoms with van der Waals surface area (Å²) in [6.45, 7) is 0. The van der Waals surface area contributed by atoms with E-state index >= 15 is 0 Å². The van der Waals surface area contributed by atoms with Crippen molar-refractivity contribution in [1.82, 2.24) is 4.98 Å². The van der Waals surface area contributed by atoms with Crippen LogP contribution in [0.5, 0.6) is 0 Å². The van der Waals surface area contributed by atoms with Gasteiger partial charge in [-0.05, 0) is 29.6 Å². The number of nitrogens with zero attached hydrogens (tertiary/aromatic N) is 1. The Hall–Kier alpha value is -1.89. The van der Waals surface area contributed by atoms with Crippen LogP contribution in [0.3, 0.4) is 0 Å². The van der Waals surface area contributed by atoms with Crippen molar-refractivity contribution in [2.45, 2.75) is 6.42 Å². The maximum atomic E-state index is 11.0. The molecule has 2 aromatic heterocycles. The summed E-state index contributed by atoms with van der Waals surface area (Å²) in [7, 11) is 0. The molecule has 0 aliphatic heterocycles. The summed E-state index contributed by atoms with van der Waals surface area (Å²) in [4.78, 5) is 17.3. The highest BCUT2D eigenvalue weighted by Gasteiger charge is 2.16. The second kappa shape index (κ2) is 6.48. The first-order valence-electron chi connectivity index (χ1n) is 6.40. The fourth-order valence-corrected chi connectivity index (χ4v) is 3.94. The normalized spacial score (nSPS) is 10.6. The summed E-state index contributed by atoms with van der Waals surface area (Å²) in [5.41, 5.74) is 1.55. The van der Waals surface area contributed by atoms with E-state index in [4.69, 9.17) is 16.7 Å². The number of benzene rings is 1. The predicted octanol–water partition coefficient (Wildman–Crippen LogP) is 4.90. The van der Waals surface area contributed by atoms with Crippen molar-refractivity contribution in [2.75, 3.05) is 5.32 Å². The van der Waals surface area contributed by atoms with E-state index in [-0.39, 0.29) is 6.42 Å². The average molecular weight is 351 g/mol. The van der Waals surface area contributed by atoms with E-state index < -0.39 is 5.97 Å². The van der Waals surface area contributed by atoms with Gasteiger partial charge in [0, 0.05) is 15.6 Å². The molecule has 0 amide bonds. The van der Waals surface area contributed by atoms with E-state index in [1.165, 1.54) is 11.3 Å². The van der Waals surface area contributed by atoms with Crippen molar-refractivity contribution in [3.63, 3.8) is 0 Å². The van der Waals surface area contributed by atoms with Gasteiger partial charge in [-0.3, -0.25) is 4.79 Å². The number of anilines is 2. The molecule has 4 nitrogen and oxygen atoms in total. The molecule has 3 aromatic rings. The number of thiophene rings is 1. The van der Waals surface area contributed by atoms with Gasteiger partial charge in [0.05, 0.1) is 17.0 Å². The summed E-state index contributed by atoms with van der Waals surface area (Å²) in [5.74, 6) is -0.865. The second-order valence-corrected chi connectivity index (χ2v) is 6.94. The summed E-state index contributed by atoms with van der Waals surface area (Å²) in [5, 5.41) is 15.5. The molecule has 0 aliphatic carbocycles. The van der Waals surface area contributed by atoms with E-state index in [1.807, 2.05) is 29.6 Å². The van der Waals surface area contributed by atoms with Crippen LogP contribution in [0.25, 0.3) is 10.6 Å². The van der Waals surface area contributed by atoms with E-state index in [0.29, 0.717) is 10.2 Å². The van der Waals surface area contributed by atoms with E-state index in [9.17, 15) is 4.79 Å². The summed E-state index contributed by atoms with van der Waals surface area (Å²) < 4.78 is 0. The van der Waals surface area contributed by atoms with Crippen LogP contribution in [0.15, 0.2) is 41.8 Å². The third-order valence-corrected chi connectivity index (χ3v) is 4.92. The molecule has 0 radical (unpaired) electrons. The topological polar surface area (TPSA) is 62.2 Å². The fraction of sp³-hybridized carbons (Fsp3) is 0.0667. The van der Waals surface area contributed by atoms with Gasteiger partial charge >= 0.3 is 5.97 Å². The van der Waals surface area contributed by atoms with Crippen LogP contribution in [0.1, 0.15) is 4.88 Å². The molecule has 1 aromatic carbocycles. The van der Waals surface area contributed by atoms with Crippen molar-refractivity contribution in [2.24, 2.45) is 0 Å². The zero-order valence-corrected chi connectivity index (χ0v) is 13.6. The third-order valence-electron chi connectivity index (χ3n) is 2.84. The lowest BCUT2D eigenvalue weighted by Gasteiger charge is -2.01. The number of nitrogens with one attached hydrogen (secondary N) is 1. The third kappa shape index (κ3) is 3.47. The maximum Gasteiger partial charge on any atom is 0.308 e. The number of aromatic nitrogens is 1. The molecule has 112 valence electrons. The van der Waals surface area contributed by atoms with Gasteiger partial charge in [0.15, 0.2) is 5.13 Å². The lowest BCUT2D eigenvalue weighted by atomic mass is 10.2. The number of halogens is 1. The van der Waals surface area contributed by atoms with E-state index in [0.717, 1.165) is 21.1 Å². The molecule has 22 heavy (non-hydrogen) atoms. The number of rotatable bonds is 5. The Kier molecular flexibility index (Phi) is 4.42. The first-order valence-corrected chi connectivity index (χ1v) is 8.47. The van der Waals surface area contributed by atoms with Gasteiger partial charge in [-0.25, -0.2) is 4.98 Å². The van der Waals surface area contributed by atoms with Crippen molar-refractivity contribution < 1.29 is 9.90 Å². The van der Waals surface area contributed by atoms with Crippen LogP contribution >= 0.6 is 34.3 Å². The molecular weight excluding hydrogens is 340 g/mol. The molecule has 0 atom stereocenters. The molecule has 0 spiro atoms. The van der Waals surface area contributed by atoms with E-state index in [1.54, 1.807) is 23.5 Å². The molecular formula is C15H11ClN2O2S2. The highest BCUT2D eigenvalue weighted by atomic mass is 35.5. The van der Waals surface area contributed by atoms with Crippen molar-refractivity contribution in [3.8, 4) is 10.6 Å². The molecule has 0 fully saturated rings. The van der Waals surface area contributed by atoms with Crippen LogP contribution in [0.4, 0.5) is 10.8 Å². The zero-order chi connectivity index (χ0) is 15.5. The largest absolute Gasteiger partial charge is 0.481 e. The highest BCUT2D eigenvalue weighted by Crippen LogP contribution is 2.35. The van der Waals surface area contributed by atoms with Gasteiger partial charge in [0.25, 0.3) is 0 Å². The van der Waals surface area contributed by atoms with Crippen LogP contribution in [-0.2, 0) is 11.2 Å². The molecule has 2 heterocycles. The maximum absolute atomic E-state index is 11.0. The standard InChI is InChI=1S/C15H11ClN2O2S2/c16-9-3-1-4-10(7-9)17-15-18-14(11-5-2-6-21-11)12(22-15)8-13(19)20/h1-7H,8H2,(H,17,18)(H,19,20). The first-order chi connectivity index (χ1) is 10.6. The Morgan fingerprint density at radius 2 is 2.18 bits per heavy atom. The molecule has 0 aliphatic rings. The number of hydrogen-bond donors (Lipinski definition) is 2. The van der Waals surface area contributed by atoms with Crippen LogP contribution in [0, 0.1) is 0 Å².